The van der Waals surface area contributed by atoms with Crippen LogP contribution in [0.4, 0.5) is 4.79 Å². The van der Waals surface area contributed by atoms with Crippen LogP contribution in [0, 0.1) is 0 Å². The van der Waals surface area contributed by atoms with Gasteiger partial charge in [-0.3, -0.25) is 0 Å². The van der Waals surface area contributed by atoms with E-state index in [1.807, 2.05) is 0 Å². The van der Waals surface area contributed by atoms with Gasteiger partial charge in [-0.05, 0) is 6.72 Å². The van der Waals surface area contributed by atoms with Crippen LogP contribution in [-0.2, 0) is 14.3 Å². The third-order valence-corrected chi connectivity index (χ3v) is 0.670. The standard InChI is InChI=1S/C5H7NO4/c1-6-5(8)10-3-4(7)9-2/h1,3H2,2H3. The van der Waals surface area contributed by atoms with E-state index >= 15 is 0 Å². The van der Waals surface area contributed by atoms with Crippen LogP contribution in [0.3, 0.4) is 0 Å². The van der Waals surface area contributed by atoms with Crippen molar-refractivity contribution in [1.82, 2.24) is 0 Å². The van der Waals surface area contributed by atoms with Gasteiger partial charge in [-0.25, -0.2) is 9.59 Å². The monoisotopic (exact) mass is 145 g/mol. The van der Waals surface area contributed by atoms with Crippen LogP contribution in [0.2, 0.25) is 0 Å². The van der Waals surface area contributed by atoms with Crippen LogP contribution in [0.25, 0.3) is 0 Å². The summed E-state index contributed by atoms with van der Waals surface area (Å²) in [5.74, 6) is -0.628. The predicted molar refractivity (Wildman–Crippen MR) is 32.9 cm³/mol. The van der Waals surface area contributed by atoms with Crippen molar-refractivity contribution in [1.29, 1.82) is 0 Å². The molecule has 5 nitrogen and oxygen atoms in total. The van der Waals surface area contributed by atoms with Crippen LogP contribution < -0.4 is 0 Å². The lowest BCUT2D eigenvalue weighted by Crippen LogP contribution is -2.12. The van der Waals surface area contributed by atoms with Gasteiger partial charge in [0.2, 0.25) is 0 Å². The zero-order chi connectivity index (χ0) is 7.98. The van der Waals surface area contributed by atoms with Gasteiger partial charge in [0.25, 0.3) is 0 Å². The van der Waals surface area contributed by atoms with Crippen LogP contribution in [0.1, 0.15) is 0 Å². The molecule has 1 amide bonds. The fraction of sp³-hybridized carbons (Fsp3) is 0.400. The first-order valence-corrected chi connectivity index (χ1v) is 2.41. The molecule has 0 N–H and O–H groups in total. The number of rotatable bonds is 2. The molecule has 0 heterocycles. The van der Waals surface area contributed by atoms with Crippen LogP contribution >= 0.6 is 0 Å². The van der Waals surface area contributed by atoms with Gasteiger partial charge >= 0.3 is 12.1 Å². The van der Waals surface area contributed by atoms with Crippen molar-refractivity contribution in [2.24, 2.45) is 4.99 Å². The van der Waals surface area contributed by atoms with Gasteiger partial charge in [-0.1, -0.05) is 0 Å². The molecule has 0 aliphatic rings. The van der Waals surface area contributed by atoms with Crippen molar-refractivity contribution in [2.75, 3.05) is 13.7 Å². The van der Waals surface area contributed by atoms with Crippen molar-refractivity contribution in [3.8, 4) is 0 Å². The molecule has 10 heavy (non-hydrogen) atoms. The largest absolute Gasteiger partial charge is 0.466 e. The third kappa shape index (κ3) is 3.59. The van der Waals surface area contributed by atoms with E-state index in [1.165, 1.54) is 7.11 Å². The van der Waals surface area contributed by atoms with Crippen molar-refractivity contribution >= 4 is 18.8 Å². The van der Waals surface area contributed by atoms with Crippen LogP contribution in [0.5, 0.6) is 0 Å². The number of amides is 1. The quantitative estimate of drug-likeness (QED) is 0.405. The molecule has 0 aromatic heterocycles. The van der Waals surface area contributed by atoms with Gasteiger partial charge in [0.05, 0.1) is 7.11 Å². The minimum atomic E-state index is -0.884. The van der Waals surface area contributed by atoms with Gasteiger partial charge in [-0.2, -0.15) is 4.99 Å². The maximum atomic E-state index is 10.3. The highest BCUT2D eigenvalue weighted by atomic mass is 16.6. The molecule has 0 aliphatic heterocycles. The van der Waals surface area contributed by atoms with E-state index in [0.717, 1.165) is 0 Å². The Bertz CT molecular complexity index is 154. The molecular weight excluding hydrogens is 138 g/mol. The molecule has 0 aliphatic carbocycles. The van der Waals surface area contributed by atoms with Gasteiger partial charge < -0.3 is 9.47 Å². The molecule has 0 saturated heterocycles. The van der Waals surface area contributed by atoms with E-state index in [4.69, 9.17) is 0 Å². The number of esters is 1. The van der Waals surface area contributed by atoms with Gasteiger partial charge in [0, 0.05) is 0 Å². The van der Waals surface area contributed by atoms with E-state index in [9.17, 15) is 9.59 Å². The first-order chi connectivity index (χ1) is 4.70. The van der Waals surface area contributed by atoms with Crippen LogP contribution in [-0.4, -0.2) is 32.5 Å². The van der Waals surface area contributed by atoms with Gasteiger partial charge in [-0.15, -0.1) is 0 Å². The highest BCUT2D eigenvalue weighted by Crippen LogP contribution is 1.82. The van der Waals surface area contributed by atoms with Crippen LogP contribution in [0.15, 0.2) is 4.99 Å². The molecule has 0 aromatic rings. The van der Waals surface area contributed by atoms with E-state index in [2.05, 4.69) is 21.2 Å². The molecule has 0 unspecified atom stereocenters. The number of carbonyl (C=O) groups excluding carboxylic acids is 2. The average molecular weight is 145 g/mol. The van der Waals surface area contributed by atoms with Crippen molar-refractivity contribution < 1.29 is 19.1 Å². The smallest absolute Gasteiger partial charge is 0.433 e. The third-order valence-electron chi connectivity index (χ3n) is 0.670. The number of hydrogen-bond acceptors (Lipinski definition) is 4. The lowest BCUT2D eigenvalue weighted by atomic mass is 10.7. The Labute approximate surface area is 57.6 Å². The summed E-state index contributed by atoms with van der Waals surface area (Å²) in [5, 5.41) is 0. The summed E-state index contributed by atoms with van der Waals surface area (Å²) in [6.07, 6.45) is -0.884. The molecule has 0 atom stereocenters. The summed E-state index contributed by atoms with van der Waals surface area (Å²) >= 11 is 0. The predicted octanol–water partition coefficient (Wildman–Crippen LogP) is -0.00340. The molecule has 0 bridgehead atoms. The Hall–Kier alpha value is -1.39. The Morgan fingerprint density at radius 1 is 1.60 bits per heavy atom. The second-order valence-electron chi connectivity index (χ2n) is 1.29. The summed E-state index contributed by atoms with van der Waals surface area (Å²) in [4.78, 5) is 23.3. The van der Waals surface area contributed by atoms with Crippen molar-refractivity contribution in [2.45, 2.75) is 0 Å². The first kappa shape index (κ1) is 8.61. The second-order valence-corrected chi connectivity index (χ2v) is 1.29. The van der Waals surface area contributed by atoms with Gasteiger partial charge in [0.15, 0.2) is 6.61 Å². The fourth-order valence-electron chi connectivity index (χ4n) is 0.225. The molecule has 0 radical (unpaired) electrons. The first-order valence-electron chi connectivity index (χ1n) is 2.41. The fourth-order valence-corrected chi connectivity index (χ4v) is 0.225. The van der Waals surface area contributed by atoms with Gasteiger partial charge in [0.1, 0.15) is 0 Å². The van der Waals surface area contributed by atoms with Crippen molar-refractivity contribution in [3.05, 3.63) is 0 Å². The topological polar surface area (TPSA) is 65.0 Å². The molecular formula is C5H7NO4. The SMILES string of the molecule is C=NC(=O)OCC(=O)OC. The Morgan fingerprint density at radius 3 is 2.60 bits per heavy atom. The van der Waals surface area contributed by atoms with E-state index < -0.39 is 18.7 Å². The summed E-state index contributed by atoms with van der Waals surface area (Å²) < 4.78 is 8.37. The number of hydrogen-bond donors (Lipinski definition) is 0. The van der Waals surface area contributed by atoms with E-state index in [0.29, 0.717) is 0 Å². The second kappa shape index (κ2) is 4.49. The normalized spacial score (nSPS) is 8.10. The zero-order valence-electron chi connectivity index (χ0n) is 5.49. The average Bonchev–Trinajstić information content (AvgIpc) is 1.99. The summed E-state index contributed by atoms with van der Waals surface area (Å²) in [5.41, 5.74) is 0. The maximum absolute atomic E-state index is 10.3. The molecule has 0 fully saturated rings. The lowest BCUT2D eigenvalue weighted by Gasteiger charge is -1.97. The Kier molecular flexibility index (Phi) is 3.86. The molecule has 0 saturated carbocycles. The Morgan fingerprint density at radius 2 is 2.20 bits per heavy atom. The highest BCUT2D eigenvalue weighted by Gasteiger charge is 2.03. The molecule has 56 valence electrons. The zero-order valence-corrected chi connectivity index (χ0v) is 5.49. The maximum Gasteiger partial charge on any atom is 0.433 e. The molecule has 0 aromatic carbocycles. The number of carbonyl (C=O) groups is 2. The summed E-state index contributed by atoms with van der Waals surface area (Å²) in [6, 6.07) is 0. The number of methoxy groups -OCH3 is 1. The minimum absolute atomic E-state index is 0.422. The van der Waals surface area contributed by atoms with Crippen molar-refractivity contribution in [3.63, 3.8) is 0 Å². The Balaban J connectivity index is 3.44. The van der Waals surface area contributed by atoms with E-state index in [-0.39, 0.29) is 0 Å². The summed E-state index contributed by atoms with van der Waals surface area (Å²) in [6.45, 7) is 2.47. The minimum Gasteiger partial charge on any atom is -0.466 e. The molecule has 0 spiro atoms. The summed E-state index contributed by atoms with van der Waals surface area (Å²) in [7, 11) is 1.19. The highest BCUT2D eigenvalue weighted by molar-refractivity contribution is 5.77. The molecule has 5 heteroatoms. The lowest BCUT2D eigenvalue weighted by molar-refractivity contribution is -0.143. The number of nitrogens with zero attached hydrogens (tertiary/aromatic N) is 1. The van der Waals surface area contributed by atoms with E-state index in [1.54, 1.807) is 0 Å². The molecule has 0 rings (SSSR count). The number of aliphatic imine (C=N–C) groups is 1. The number of ether oxygens (including phenoxy) is 2.